The molecular weight excluding hydrogens is 263 g/mol. The summed E-state index contributed by atoms with van der Waals surface area (Å²) in [5.41, 5.74) is -0.181. The number of anilines is 1. The van der Waals surface area contributed by atoms with E-state index in [0.29, 0.717) is 0 Å². The molecule has 0 aliphatic heterocycles. The maximum Gasteiger partial charge on any atom is 0.313 e. The number of rotatable bonds is 3. The molecule has 0 spiro atoms. The third kappa shape index (κ3) is 3.68. The Bertz CT molecular complexity index is 468. The molecule has 1 unspecified atom stereocenters. The smallest absolute Gasteiger partial charge is 0.313 e. The largest absolute Gasteiger partial charge is 0.394 e. The number of aliphatic hydroxyl groups excluding tert-OH is 1. The summed E-state index contributed by atoms with van der Waals surface area (Å²) in [4.78, 5) is 22.7. The number of carbonyl (C=O) groups excluding carboxylic acids is 2. The van der Waals surface area contributed by atoms with Crippen molar-refractivity contribution >= 4 is 29.1 Å². The van der Waals surface area contributed by atoms with Crippen molar-refractivity contribution in [2.24, 2.45) is 0 Å². The SMILES string of the molecule is CC(CO)NC(=O)C(=O)Nc1cccc(Cl)c1F. The van der Waals surface area contributed by atoms with E-state index in [9.17, 15) is 14.0 Å². The van der Waals surface area contributed by atoms with Crippen molar-refractivity contribution < 1.29 is 19.1 Å². The number of hydrogen-bond donors (Lipinski definition) is 3. The van der Waals surface area contributed by atoms with Crippen molar-refractivity contribution in [1.29, 1.82) is 0 Å². The third-order valence-electron chi connectivity index (χ3n) is 2.06. The predicted octanol–water partition coefficient (Wildman–Crippen LogP) is 0.915. The van der Waals surface area contributed by atoms with E-state index in [-0.39, 0.29) is 17.3 Å². The third-order valence-corrected chi connectivity index (χ3v) is 2.35. The van der Waals surface area contributed by atoms with Crippen molar-refractivity contribution in [3.05, 3.63) is 29.0 Å². The van der Waals surface area contributed by atoms with E-state index in [0.717, 1.165) is 0 Å². The molecule has 1 aromatic carbocycles. The Morgan fingerprint density at radius 1 is 1.44 bits per heavy atom. The summed E-state index contributed by atoms with van der Waals surface area (Å²) in [6.07, 6.45) is 0. The van der Waals surface area contributed by atoms with E-state index in [1.54, 1.807) is 0 Å². The Morgan fingerprint density at radius 2 is 2.11 bits per heavy atom. The summed E-state index contributed by atoms with van der Waals surface area (Å²) in [5, 5.41) is 12.9. The molecule has 2 amide bonds. The van der Waals surface area contributed by atoms with Crippen LogP contribution in [0.2, 0.25) is 5.02 Å². The first-order chi connectivity index (χ1) is 8.45. The quantitative estimate of drug-likeness (QED) is 0.717. The second kappa shape index (κ2) is 6.32. The summed E-state index contributed by atoms with van der Waals surface area (Å²) >= 11 is 5.52. The molecule has 0 bridgehead atoms. The average molecular weight is 275 g/mol. The molecule has 0 saturated carbocycles. The number of benzene rings is 1. The zero-order valence-electron chi connectivity index (χ0n) is 9.54. The molecule has 3 N–H and O–H groups in total. The molecule has 5 nitrogen and oxygen atoms in total. The van der Waals surface area contributed by atoms with Gasteiger partial charge in [0.1, 0.15) is 0 Å². The van der Waals surface area contributed by atoms with Crippen LogP contribution in [0, 0.1) is 5.82 Å². The van der Waals surface area contributed by atoms with Crippen LogP contribution in [0.15, 0.2) is 18.2 Å². The number of halogens is 2. The highest BCUT2D eigenvalue weighted by atomic mass is 35.5. The average Bonchev–Trinajstić information content (AvgIpc) is 2.34. The van der Waals surface area contributed by atoms with Crippen LogP contribution in [0.25, 0.3) is 0 Å². The number of amides is 2. The number of carbonyl (C=O) groups is 2. The summed E-state index contributed by atoms with van der Waals surface area (Å²) in [6.45, 7) is 1.22. The fourth-order valence-corrected chi connectivity index (χ4v) is 1.29. The van der Waals surface area contributed by atoms with Gasteiger partial charge >= 0.3 is 11.8 Å². The molecule has 98 valence electrons. The van der Waals surface area contributed by atoms with Gasteiger partial charge in [-0.25, -0.2) is 4.39 Å². The minimum absolute atomic E-state index is 0.156. The van der Waals surface area contributed by atoms with Crippen LogP contribution < -0.4 is 10.6 Å². The van der Waals surface area contributed by atoms with Gasteiger partial charge in [0.15, 0.2) is 5.82 Å². The molecule has 0 aliphatic carbocycles. The van der Waals surface area contributed by atoms with Crippen molar-refractivity contribution in [2.75, 3.05) is 11.9 Å². The van der Waals surface area contributed by atoms with Crippen LogP contribution in [-0.4, -0.2) is 29.6 Å². The van der Waals surface area contributed by atoms with Crippen molar-refractivity contribution in [2.45, 2.75) is 13.0 Å². The van der Waals surface area contributed by atoms with E-state index in [1.807, 2.05) is 0 Å². The van der Waals surface area contributed by atoms with Gasteiger partial charge in [0.05, 0.1) is 17.3 Å². The molecule has 0 fully saturated rings. The van der Waals surface area contributed by atoms with E-state index in [1.165, 1.54) is 25.1 Å². The zero-order valence-corrected chi connectivity index (χ0v) is 10.3. The molecule has 0 heterocycles. The Labute approximate surface area is 108 Å². The number of nitrogens with one attached hydrogen (secondary N) is 2. The van der Waals surface area contributed by atoms with E-state index < -0.39 is 23.7 Å². The molecule has 0 aromatic heterocycles. The van der Waals surface area contributed by atoms with Crippen molar-refractivity contribution in [3.8, 4) is 0 Å². The van der Waals surface area contributed by atoms with Crippen LogP contribution in [0.5, 0.6) is 0 Å². The van der Waals surface area contributed by atoms with Gasteiger partial charge in [0.25, 0.3) is 0 Å². The van der Waals surface area contributed by atoms with E-state index >= 15 is 0 Å². The van der Waals surface area contributed by atoms with Gasteiger partial charge in [0, 0.05) is 6.04 Å². The Kier molecular flexibility index (Phi) is 5.06. The highest BCUT2D eigenvalue weighted by Crippen LogP contribution is 2.21. The van der Waals surface area contributed by atoms with Gasteiger partial charge in [-0.1, -0.05) is 17.7 Å². The molecule has 0 saturated heterocycles. The first kappa shape index (κ1) is 14.4. The lowest BCUT2D eigenvalue weighted by atomic mass is 10.3. The van der Waals surface area contributed by atoms with Gasteiger partial charge in [-0.15, -0.1) is 0 Å². The lowest BCUT2D eigenvalue weighted by Gasteiger charge is -2.11. The normalized spacial score (nSPS) is 11.8. The molecule has 0 aliphatic rings. The van der Waals surface area contributed by atoms with Crippen LogP contribution >= 0.6 is 11.6 Å². The van der Waals surface area contributed by atoms with Crippen LogP contribution in [0.4, 0.5) is 10.1 Å². The fraction of sp³-hybridized carbons (Fsp3) is 0.273. The number of aliphatic hydroxyl groups is 1. The predicted molar refractivity (Wildman–Crippen MR) is 64.7 cm³/mol. The Hall–Kier alpha value is -1.66. The summed E-state index contributed by atoms with van der Waals surface area (Å²) in [6, 6.07) is 3.48. The highest BCUT2D eigenvalue weighted by molar-refractivity contribution is 6.40. The second-order valence-corrected chi connectivity index (χ2v) is 4.02. The van der Waals surface area contributed by atoms with E-state index in [4.69, 9.17) is 16.7 Å². The van der Waals surface area contributed by atoms with Crippen molar-refractivity contribution in [1.82, 2.24) is 5.32 Å². The maximum atomic E-state index is 13.4. The topological polar surface area (TPSA) is 78.4 Å². The standard InChI is InChI=1S/C11H12ClFN2O3/c1-6(5-16)14-10(17)11(18)15-8-4-2-3-7(12)9(8)13/h2-4,6,16H,5H2,1H3,(H,14,17)(H,15,18). The van der Waals surface area contributed by atoms with Gasteiger partial charge in [-0.3, -0.25) is 9.59 Å². The van der Waals surface area contributed by atoms with Crippen LogP contribution in [-0.2, 0) is 9.59 Å². The summed E-state index contributed by atoms with van der Waals surface area (Å²) in [5.74, 6) is -2.80. The van der Waals surface area contributed by atoms with Gasteiger partial charge in [-0.05, 0) is 19.1 Å². The number of hydrogen-bond acceptors (Lipinski definition) is 3. The molecule has 7 heteroatoms. The minimum atomic E-state index is -1.03. The summed E-state index contributed by atoms with van der Waals surface area (Å²) in [7, 11) is 0. The lowest BCUT2D eigenvalue weighted by Crippen LogP contribution is -2.42. The Balaban J connectivity index is 2.70. The first-order valence-corrected chi connectivity index (χ1v) is 5.50. The first-order valence-electron chi connectivity index (χ1n) is 5.12. The molecule has 1 rings (SSSR count). The van der Waals surface area contributed by atoms with Crippen molar-refractivity contribution in [3.63, 3.8) is 0 Å². The van der Waals surface area contributed by atoms with Gasteiger partial charge in [0.2, 0.25) is 0 Å². The second-order valence-electron chi connectivity index (χ2n) is 3.61. The highest BCUT2D eigenvalue weighted by Gasteiger charge is 2.17. The van der Waals surface area contributed by atoms with Crippen LogP contribution in [0.1, 0.15) is 6.92 Å². The lowest BCUT2D eigenvalue weighted by molar-refractivity contribution is -0.136. The maximum absolute atomic E-state index is 13.4. The van der Waals surface area contributed by atoms with E-state index in [2.05, 4.69) is 10.6 Å². The summed E-state index contributed by atoms with van der Waals surface area (Å²) < 4.78 is 13.4. The molecule has 1 aromatic rings. The van der Waals surface area contributed by atoms with Gasteiger partial charge in [-0.2, -0.15) is 0 Å². The monoisotopic (exact) mass is 274 g/mol. The minimum Gasteiger partial charge on any atom is -0.394 e. The molecule has 1 atom stereocenters. The van der Waals surface area contributed by atoms with Crippen LogP contribution in [0.3, 0.4) is 0 Å². The molecule has 0 radical (unpaired) electrons. The zero-order chi connectivity index (χ0) is 13.7. The Morgan fingerprint density at radius 3 is 2.72 bits per heavy atom. The fourth-order valence-electron chi connectivity index (χ4n) is 1.11. The van der Waals surface area contributed by atoms with Gasteiger partial charge < -0.3 is 15.7 Å². The molecular formula is C11H12ClFN2O3. The molecule has 18 heavy (non-hydrogen) atoms.